The van der Waals surface area contributed by atoms with Gasteiger partial charge in [-0.2, -0.15) is 0 Å². The molecule has 3 rings (SSSR count). The van der Waals surface area contributed by atoms with E-state index in [4.69, 9.17) is 10.5 Å². The van der Waals surface area contributed by atoms with Gasteiger partial charge in [0.1, 0.15) is 23.2 Å². The molecule has 0 unspecified atom stereocenters. The molecule has 3 aromatic carbocycles. The van der Waals surface area contributed by atoms with E-state index in [0.717, 1.165) is 31.8 Å². The molecule has 0 aliphatic heterocycles. The highest BCUT2D eigenvalue weighted by molar-refractivity contribution is 7.95. The number of benzene rings is 3. The van der Waals surface area contributed by atoms with Gasteiger partial charge in [-0.15, -0.1) is 0 Å². The lowest BCUT2D eigenvalue weighted by molar-refractivity contribution is -0.142. The van der Waals surface area contributed by atoms with Gasteiger partial charge in [-0.25, -0.2) is 0 Å². The van der Waals surface area contributed by atoms with E-state index in [1.54, 1.807) is 0 Å². The lowest BCUT2D eigenvalue weighted by atomic mass is 10.2. The summed E-state index contributed by atoms with van der Waals surface area (Å²) >= 11 is 0. The minimum Gasteiger partial charge on any atom is -0.465 e. The first kappa shape index (κ1) is 22.2. The molecule has 0 bridgehead atoms. The summed E-state index contributed by atoms with van der Waals surface area (Å²) < 4.78 is 5.09. The van der Waals surface area contributed by atoms with Crippen molar-refractivity contribution in [3.8, 4) is 0 Å². The van der Waals surface area contributed by atoms with E-state index in [1.807, 2.05) is 0 Å². The van der Waals surface area contributed by atoms with Crippen LogP contribution in [0.25, 0.3) is 0 Å². The van der Waals surface area contributed by atoms with Crippen LogP contribution in [-0.2, 0) is 9.53 Å². The normalized spacial score (nSPS) is 11.2. The van der Waals surface area contributed by atoms with Crippen LogP contribution in [0.2, 0.25) is 0 Å². The largest absolute Gasteiger partial charge is 0.465 e. The van der Waals surface area contributed by atoms with Crippen molar-refractivity contribution in [3.05, 3.63) is 91.0 Å². The fraction of sp³-hybridized carbons (Fsp3) is 0.269. The number of hydrogen-bond acceptors (Lipinski definition) is 3. The van der Waals surface area contributed by atoms with Crippen molar-refractivity contribution in [2.24, 2.45) is 5.73 Å². The summed E-state index contributed by atoms with van der Waals surface area (Å²) in [6.45, 7) is 0.421. The third kappa shape index (κ3) is 5.56. The van der Waals surface area contributed by atoms with E-state index in [9.17, 15) is 4.79 Å². The van der Waals surface area contributed by atoms with Crippen LogP contribution in [0.5, 0.6) is 0 Å². The highest BCUT2D eigenvalue weighted by Gasteiger charge is 2.44. The predicted molar refractivity (Wildman–Crippen MR) is 128 cm³/mol. The monoisotopic (exact) mass is 420 g/mol. The molecule has 0 radical (unpaired) electrons. The first-order valence-electron chi connectivity index (χ1n) is 10.7. The molecule has 0 atom stereocenters. The Morgan fingerprint density at radius 3 is 1.53 bits per heavy atom. The van der Waals surface area contributed by atoms with Crippen molar-refractivity contribution in [1.82, 2.24) is 0 Å². The summed E-state index contributed by atoms with van der Waals surface area (Å²) in [5, 5.41) is 4.29. The van der Waals surface area contributed by atoms with Gasteiger partial charge in [0, 0.05) is 0 Å². The van der Waals surface area contributed by atoms with Gasteiger partial charge in [0.25, 0.3) is 0 Å². The van der Waals surface area contributed by atoms with E-state index < -0.39 is 7.26 Å². The van der Waals surface area contributed by atoms with Gasteiger partial charge in [-0.3, -0.25) is 4.79 Å². The van der Waals surface area contributed by atoms with Crippen molar-refractivity contribution in [2.75, 3.05) is 19.3 Å². The number of hydrogen-bond donors (Lipinski definition) is 1. The summed E-state index contributed by atoms with van der Waals surface area (Å²) in [5.41, 5.74) is 5.28. The zero-order chi connectivity index (χ0) is 21.1. The Balaban J connectivity index is 1.80. The maximum atomic E-state index is 11.2. The Kier molecular flexibility index (Phi) is 8.62. The third-order valence-electron chi connectivity index (χ3n) is 5.41. The van der Waals surface area contributed by atoms with Crippen molar-refractivity contribution in [2.45, 2.75) is 25.7 Å². The van der Waals surface area contributed by atoms with Crippen LogP contribution >= 0.6 is 7.26 Å². The standard InChI is InChI=1S/C26H31NO2P/c27-22-26(28)29-20-12-1-2-13-21-30(23-14-6-3-7-15-23,24-16-8-4-9-17-24)25-18-10-5-11-19-25/h3-11,14-19H,1-2,12-13,20-22,27H2/q+1. The molecule has 0 saturated heterocycles. The Hall–Kier alpha value is -2.48. The first-order chi connectivity index (χ1) is 14.8. The van der Waals surface area contributed by atoms with Crippen LogP contribution in [0.4, 0.5) is 0 Å². The number of carbonyl (C=O) groups excluding carboxylic acids is 1. The number of carbonyl (C=O) groups is 1. The third-order valence-corrected chi connectivity index (χ3v) is 9.93. The SMILES string of the molecule is NCC(=O)OCCCCCC[P+](c1ccccc1)(c1ccccc1)c1ccccc1. The van der Waals surface area contributed by atoms with E-state index >= 15 is 0 Å². The van der Waals surface area contributed by atoms with E-state index in [-0.39, 0.29) is 12.5 Å². The van der Waals surface area contributed by atoms with Crippen LogP contribution in [0.15, 0.2) is 91.0 Å². The molecule has 0 aliphatic carbocycles. The maximum absolute atomic E-state index is 11.2. The predicted octanol–water partition coefficient (Wildman–Crippen LogP) is 4.04. The minimum absolute atomic E-state index is 0.0434. The molecular weight excluding hydrogens is 389 g/mol. The Morgan fingerprint density at radius 1 is 0.667 bits per heavy atom. The molecule has 156 valence electrons. The number of esters is 1. The van der Waals surface area contributed by atoms with Crippen LogP contribution < -0.4 is 21.6 Å². The van der Waals surface area contributed by atoms with Gasteiger partial charge >= 0.3 is 5.97 Å². The second-order valence-corrected chi connectivity index (χ2v) is 11.0. The van der Waals surface area contributed by atoms with E-state index in [2.05, 4.69) is 91.0 Å². The molecule has 2 N–H and O–H groups in total. The zero-order valence-electron chi connectivity index (χ0n) is 17.5. The Bertz CT molecular complexity index is 788. The second-order valence-electron chi connectivity index (χ2n) is 7.38. The first-order valence-corrected chi connectivity index (χ1v) is 12.7. The average molecular weight is 421 g/mol. The molecule has 0 spiro atoms. The van der Waals surface area contributed by atoms with Gasteiger partial charge in [0.15, 0.2) is 0 Å². The molecule has 0 fully saturated rings. The lowest BCUT2D eigenvalue weighted by Gasteiger charge is -2.27. The molecule has 0 heterocycles. The minimum atomic E-state index is -1.73. The number of ether oxygens (including phenoxy) is 1. The van der Waals surface area contributed by atoms with Crippen LogP contribution in [0.1, 0.15) is 25.7 Å². The summed E-state index contributed by atoms with van der Waals surface area (Å²) in [5.74, 6) is -0.322. The van der Waals surface area contributed by atoms with Crippen LogP contribution in [-0.4, -0.2) is 25.3 Å². The summed E-state index contributed by atoms with van der Waals surface area (Å²) in [6.07, 6.45) is 5.33. The van der Waals surface area contributed by atoms with Gasteiger partial charge in [-0.1, -0.05) is 54.6 Å². The van der Waals surface area contributed by atoms with Gasteiger partial charge in [-0.05, 0) is 62.1 Å². The fourth-order valence-corrected chi connectivity index (χ4v) is 8.34. The number of nitrogens with two attached hydrogens (primary N) is 1. The highest BCUT2D eigenvalue weighted by Crippen LogP contribution is 2.55. The van der Waals surface area contributed by atoms with Crippen LogP contribution in [0.3, 0.4) is 0 Å². The zero-order valence-corrected chi connectivity index (χ0v) is 18.3. The van der Waals surface area contributed by atoms with Gasteiger partial charge < -0.3 is 10.5 Å². The van der Waals surface area contributed by atoms with E-state index in [1.165, 1.54) is 15.9 Å². The molecule has 0 aliphatic rings. The fourth-order valence-electron chi connectivity index (χ4n) is 3.93. The smallest absolute Gasteiger partial charge is 0.319 e. The summed E-state index contributed by atoms with van der Waals surface area (Å²) in [4.78, 5) is 11.2. The quantitative estimate of drug-likeness (QED) is 0.289. The second kappa shape index (κ2) is 11.6. The Morgan fingerprint density at radius 2 is 1.10 bits per heavy atom. The van der Waals surface area contributed by atoms with Crippen molar-refractivity contribution < 1.29 is 9.53 Å². The lowest BCUT2D eigenvalue weighted by Crippen LogP contribution is -2.33. The molecule has 0 aromatic heterocycles. The Labute approximate surface area is 180 Å². The van der Waals surface area contributed by atoms with Crippen molar-refractivity contribution in [1.29, 1.82) is 0 Å². The number of unbranched alkanes of at least 4 members (excludes halogenated alkanes) is 3. The summed E-state index contributed by atoms with van der Waals surface area (Å²) in [7, 11) is -1.73. The summed E-state index contributed by atoms with van der Waals surface area (Å²) in [6, 6.07) is 33.0. The molecule has 30 heavy (non-hydrogen) atoms. The highest BCUT2D eigenvalue weighted by atomic mass is 31.2. The van der Waals surface area contributed by atoms with Crippen molar-refractivity contribution in [3.63, 3.8) is 0 Å². The maximum Gasteiger partial charge on any atom is 0.319 e. The average Bonchev–Trinajstić information content (AvgIpc) is 2.82. The molecule has 0 amide bonds. The van der Waals surface area contributed by atoms with Crippen molar-refractivity contribution >= 4 is 29.1 Å². The molecule has 3 aromatic rings. The molecular formula is C26H31NO2P+. The van der Waals surface area contributed by atoms with E-state index in [0.29, 0.717) is 6.61 Å². The van der Waals surface area contributed by atoms with Gasteiger partial charge in [0.2, 0.25) is 0 Å². The molecule has 0 saturated carbocycles. The van der Waals surface area contributed by atoms with Gasteiger partial charge in [0.05, 0.1) is 19.3 Å². The number of rotatable bonds is 11. The van der Waals surface area contributed by atoms with Crippen LogP contribution in [0, 0.1) is 0 Å². The molecule has 3 nitrogen and oxygen atoms in total. The molecule has 4 heteroatoms. The topological polar surface area (TPSA) is 52.3 Å².